The molecule has 0 bridgehead atoms. The lowest BCUT2D eigenvalue weighted by atomic mass is 10.2. The maximum absolute atomic E-state index is 5.66. The standard InChI is InChI=1S/C12H17N5S/c1-8(2)16-17-11(13)15-12(18)14-10-6-4-9(3)5-7-10/h4-7H,1-3H3,(H4,13,14,15,17,18)/p+1. The van der Waals surface area contributed by atoms with Gasteiger partial charge in [0.2, 0.25) is 0 Å². The van der Waals surface area contributed by atoms with Gasteiger partial charge in [0, 0.05) is 5.71 Å². The SMILES string of the molecule is CC(C)=NNC(N)=[NH+]C(=S)Nc1ccc(C)cc1. The fraction of sp³-hybridized carbons (Fsp3) is 0.250. The van der Waals surface area contributed by atoms with Gasteiger partial charge in [0.05, 0.1) is 5.69 Å². The number of aryl methyl sites for hydroxylation is 1. The van der Waals surface area contributed by atoms with Crippen molar-refractivity contribution in [2.45, 2.75) is 20.8 Å². The van der Waals surface area contributed by atoms with Crippen molar-refractivity contribution in [3.63, 3.8) is 0 Å². The fourth-order valence-electron chi connectivity index (χ4n) is 1.12. The van der Waals surface area contributed by atoms with Gasteiger partial charge in [0.15, 0.2) is 0 Å². The zero-order valence-corrected chi connectivity index (χ0v) is 11.6. The molecule has 0 saturated heterocycles. The molecule has 0 aromatic heterocycles. The second-order valence-electron chi connectivity index (χ2n) is 4.03. The highest BCUT2D eigenvalue weighted by Crippen LogP contribution is 2.07. The molecule has 0 heterocycles. The predicted octanol–water partition coefficient (Wildman–Crippen LogP) is 0.0725. The molecule has 0 spiro atoms. The topological polar surface area (TPSA) is 76.4 Å². The molecule has 0 unspecified atom stereocenters. The number of nitrogens with two attached hydrogens (primary N) is 1. The predicted molar refractivity (Wildman–Crippen MR) is 79.5 cm³/mol. The summed E-state index contributed by atoms with van der Waals surface area (Å²) in [6, 6.07) is 7.89. The Morgan fingerprint density at radius 3 is 2.44 bits per heavy atom. The van der Waals surface area contributed by atoms with E-state index in [1.165, 1.54) is 5.56 Å². The molecular formula is C12H18N5S+. The molecule has 0 aliphatic rings. The second-order valence-corrected chi connectivity index (χ2v) is 4.44. The second kappa shape index (κ2) is 6.70. The maximum atomic E-state index is 5.66. The minimum atomic E-state index is 0.279. The molecule has 96 valence electrons. The molecule has 0 saturated carbocycles. The number of hydrogen-bond acceptors (Lipinski definition) is 2. The summed E-state index contributed by atoms with van der Waals surface area (Å²) in [6.07, 6.45) is 0. The molecule has 0 fully saturated rings. The third kappa shape index (κ3) is 5.40. The molecule has 0 amide bonds. The van der Waals surface area contributed by atoms with E-state index in [1.807, 2.05) is 45.0 Å². The van der Waals surface area contributed by atoms with Gasteiger partial charge in [-0.25, -0.2) is 4.99 Å². The van der Waals surface area contributed by atoms with Gasteiger partial charge in [-0.1, -0.05) is 17.7 Å². The van der Waals surface area contributed by atoms with Crippen molar-refractivity contribution in [2.24, 2.45) is 10.8 Å². The van der Waals surface area contributed by atoms with Crippen molar-refractivity contribution >= 4 is 34.7 Å². The number of anilines is 1. The van der Waals surface area contributed by atoms with Crippen LogP contribution in [0.3, 0.4) is 0 Å². The van der Waals surface area contributed by atoms with E-state index in [2.05, 4.69) is 20.8 Å². The lowest BCUT2D eigenvalue weighted by Gasteiger charge is -2.01. The molecule has 1 rings (SSSR count). The van der Waals surface area contributed by atoms with Gasteiger partial charge in [-0.3, -0.25) is 5.32 Å². The first-order valence-electron chi connectivity index (χ1n) is 5.51. The molecule has 6 heteroatoms. The van der Waals surface area contributed by atoms with Crippen LogP contribution in [0.2, 0.25) is 0 Å². The summed E-state index contributed by atoms with van der Waals surface area (Å²) < 4.78 is 0. The summed E-state index contributed by atoms with van der Waals surface area (Å²) in [6.45, 7) is 5.76. The highest BCUT2D eigenvalue weighted by molar-refractivity contribution is 7.80. The van der Waals surface area contributed by atoms with E-state index in [0.29, 0.717) is 5.11 Å². The van der Waals surface area contributed by atoms with Gasteiger partial charge in [-0.05, 0) is 45.1 Å². The number of thiocarbonyl (C=S) groups is 1. The van der Waals surface area contributed by atoms with E-state index in [4.69, 9.17) is 18.0 Å². The molecule has 0 aliphatic carbocycles. The molecule has 0 radical (unpaired) electrons. The summed E-state index contributed by atoms with van der Waals surface area (Å²) in [5, 5.41) is 7.38. The van der Waals surface area contributed by atoms with Gasteiger partial charge >= 0.3 is 5.96 Å². The molecule has 5 nitrogen and oxygen atoms in total. The quantitative estimate of drug-likeness (QED) is 0.264. The van der Waals surface area contributed by atoms with Crippen LogP contribution in [0.4, 0.5) is 5.69 Å². The lowest BCUT2D eigenvalue weighted by molar-refractivity contribution is -0.314. The van der Waals surface area contributed by atoms with Crippen molar-refractivity contribution in [1.29, 1.82) is 0 Å². The van der Waals surface area contributed by atoms with Gasteiger partial charge < -0.3 is 5.73 Å². The molecule has 18 heavy (non-hydrogen) atoms. The van der Waals surface area contributed by atoms with Gasteiger partial charge in [-0.2, -0.15) is 5.43 Å². The number of nitrogens with zero attached hydrogens (tertiary/aromatic N) is 1. The first kappa shape index (κ1) is 14.1. The number of rotatable bonds is 2. The third-order valence-corrected chi connectivity index (χ3v) is 2.16. The van der Waals surface area contributed by atoms with Crippen LogP contribution in [-0.4, -0.2) is 16.8 Å². The number of guanidine groups is 1. The van der Waals surface area contributed by atoms with E-state index < -0.39 is 0 Å². The minimum absolute atomic E-state index is 0.279. The normalized spacial score (nSPS) is 10.7. The van der Waals surface area contributed by atoms with E-state index in [-0.39, 0.29) is 5.96 Å². The fourth-order valence-corrected chi connectivity index (χ4v) is 1.35. The molecule has 5 N–H and O–H groups in total. The smallest absolute Gasteiger partial charge is 0.309 e. The van der Waals surface area contributed by atoms with Gasteiger partial charge in [0.25, 0.3) is 5.11 Å². The van der Waals surface area contributed by atoms with Crippen molar-refractivity contribution in [2.75, 3.05) is 5.32 Å². The largest absolute Gasteiger partial charge is 0.328 e. The van der Waals surface area contributed by atoms with Crippen LogP contribution in [-0.2, 0) is 0 Å². The Bertz CT molecular complexity index is 472. The van der Waals surface area contributed by atoms with Crippen molar-refractivity contribution in [3.8, 4) is 0 Å². The first-order valence-corrected chi connectivity index (χ1v) is 5.92. The van der Waals surface area contributed by atoms with Crippen LogP contribution in [0.5, 0.6) is 0 Å². The molecular weight excluding hydrogens is 246 g/mol. The van der Waals surface area contributed by atoms with Crippen LogP contribution in [0.25, 0.3) is 0 Å². The highest BCUT2D eigenvalue weighted by atomic mass is 32.1. The number of nitrogens with one attached hydrogen (secondary N) is 3. The van der Waals surface area contributed by atoms with E-state index in [0.717, 1.165) is 11.4 Å². The zero-order valence-electron chi connectivity index (χ0n) is 10.7. The Morgan fingerprint density at radius 2 is 1.89 bits per heavy atom. The number of hydrazone groups is 1. The summed E-state index contributed by atoms with van der Waals surface area (Å²) in [7, 11) is 0. The maximum Gasteiger partial charge on any atom is 0.328 e. The van der Waals surface area contributed by atoms with Gasteiger partial charge in [0.1, 0.15) is 0 Å². The zero-order chi connectivity index (χ0) is 13.5. The van der Waals surface area contributed by atoms with Crippen LogP contribution >= 0.6 is 12.2 Å². The monoisotopic (exact) mass is 264 g/mol. The van der Waals surface area contributed by atoms with Crippen LogP contribution in [0, 0.1) is 6.92 Å². The average molecular weight is 264 g/mol. The Kier molecular flexibility index (Phi) is 5.26. The summed E-state index contributed by atoms with van der Waals surface area (Å²) in [4.78, 5) is 2.79. The van der Waals surface area contributed by atoms with Crippen LogP contribution in [0.1, 0.15) is 19.4 Å². The summed E-state index contributed by atoms with van der Waals surface area (Å²) >= 11 is 5.11. The van der Waals surface area contributed by atoms with Crippen molar-refractivity contribution < 1.29 is 4.99 Å². The lowest BCUT2D eigenvalue weighted by Crippen LogP contribution is -2.83. The Hall–Kier alpha value is -1.95. The molecule has 0 aliphatic heterocycles. The van der Waals surface area contributed by atoms with Crippen LogP contribution in [0.15, 0.2) is 29.4 Å². The van der Waals surface area contributed by atoms with E-state index >= 15 is 0 Å². The summed E-state index contributed by atoms with van der Waals surface area (Å²) in [5.74, 6) is 0.279. The van der Waals surface area contributed by atoms with E-state index in [9.17, 15) is 0 Å². The number of hydrogen-bond donors (Lipinski definition) is 4. The number of benzene rings is 1. The molecule has 1 aromatic rings. The first-order chi connectivity index (χ1) is 8.47. The highest BCUT2D eigenvalue weighted by Gasteiger charge is 2.01. The Balaban J connectivity index is 2.58. The average Bonchev–Trinajstić information content (AvgIpc) is 2.29. The Labute approximate surface area is 112 Å². The third-order valence-electron chi connectivity index (χ3n) is 1.96. The van der Waals surface area contributed by atoms with Crippen molar-refractivity contribution in [3.05, 3.63) is 29.8 Å². The van der Waals surface area contributed by atoms with E-state index in [1.54, 1.807) is 0 Å². The van der Waals surface area contributed by atoms with Gasteiger partial charge in [-0.15, -0.1) is 5.10 Å². The Morgan fingerprint density at radius 1 is 1.28 bits per heavy atom. The summed E-state index contributed by atoms with van der Waals surface area (Å²) in [5.41, 5.74) is 11.3. The minimum Gasteiger partial charge on any atom is -0.309 e. The van der Waals surface area contributed by atoms with Crippen molar-refractivity contribution in [1.82, 2.24) is 5.43 Å². The molecule has 1 aromatic carbocycles. The molecule has 0 atom stereocenters. The van der Waals surface area contributed by atoms with Crippen LogP contribution < -0.4 is 21.5 Å².